The molecule has 9 heteroatoms. The van der Waals surface area contributed by atoms with Gasteiger partial charge in [0.15, 0.2) is 11.5 Å². The fourth-order valence-electron chi connectivity index (χ4n) is 6.91. The van der Waals surface area contributed by atoms with Gasteiger partial charge in [0.2, 0.25) is 0 Å². The zero-order valence-corrected chi connectivity index (χ0v) is 24.1. The lowest BCUT2D eigenvalue weighted by atomic mass is 9.91. The number of aromatic nitrogens is 4. The molecule has 2 aromatic carbocycles. The summed E-state index contributed by atoms with van der Waals surface area (Å²) in [7, 11) is 0. The number of rotatable bonds is 5. The van der Waals surface area contributed by atoms with Crippen molar-refractivity contribution in [2.75, 3.05) is 18.4 Å². The molecule has 0 bridgehead atoms. The molecule has 3 aliphatic rings. The molecule has 0 saturated carbocycles. The Kier molecular flexibility index (Phi) is 6.79. The topological polar surface area (TPSA) is 105 Å². The van der Waals surface area contributed by atoms with Crippen molar-refractivity contribution in [1.82, 2.24) is 24.5 Å². The number of aliphatic hydroxyl groups is 1. The summed E-state index contributed by atoms with van der Waals surface area (Å²) in [6.07, 6.45) is 4.02. The van der Waals surface area contributed by atoms with Crippen LogP contribution in [0.2, 0.25) is 0 Å². The van der Waals surface area contributed by atoms with Gasteiger partial charge in [0.1, 0.15) is 5.69 Å². The van der Waals surface area contributed by atoms with Gasteiger partial charge in [-0.2, -0.15) is 10.2 Å². The fourth-order valence-corrected chi connectivity index (χ4v) is 6.91. The van der Waals surface area contributed by atoms with Gasteiger partial charge in [-0.25, -0.2) is 0 Å². The number of likely N-dealkylation sites (tertiary alicyclic amines) is 1. The second-order valence-corrected chi connectivity index (χ2v) is 11.8. The Morgan fingerprint density at radius 1 is 0.905 bits per heavy atom. The highest BCUT2D eigenvalue weighted by Crippen LogP contribution is 2.38. The van der Waals surface area contributed by atoms with Crippen LogP contribution in [0.4, 0.5) is 5.69 Å². The fraction of sp³-hybridized carbons (Fsp3) is 0.394. The maximum atomic E-state index is 13.2. The number of benzene rings is 2. The molecule has 4 aromatic rings. The lowest BCUT2D eigenvalue weighted by Gasteiger charge is -2.31. The summed E-state index contributed by atoms with van der Waals surface area (Å²) < 4.78 is 3.80. The highest BCUT2D eigenvalue weighted by Gasteiger charge is 2.33. The van der Waals surface area contributed by atoms with Crippen LogP contribution in [0, 0.1) is 13.8 Å². The third kappa shape index (κ3) is 4.66. The van der Waals surface area contributed by atoms with Crippen molar-refractivity contribution in [2.24, 2.45) is 0 Å². The van der Waals surface area contributed by atoms with Gasteiger partial charge in [-0.05, 0) is 73.9 Å². The van der Waals surface area contributed by atoms with Crippen LogP contribution in [0.3, 0.4) is 0 Å². The Morgan fingerprint density at radius 3 is 2.45 bits per heavy atom. The first-order valence-corrected chi connectivity index (χ1v) is 15.0. The van der Waals surface area contributed by atoms with Crippen molar-refractivity contribution >= 4 is 17.4 Å². The molecule has 0 aliphatic carbocycles. The van der Waals surface area contributed by atoms with Gasteiger partial charge < -0.3 is 10.4 Å². The van der Waals surface area contributed by atoms with E-state index in [1.54, 1.807) is 10.7 Å². The zero-order valence-electron chi connectivity index (χ0n) is 24.1. The summed E-state index contributed by atoms with van der Waals surface area (Å²) in [4.78, 5) is 27.8. The average Bonchev–Trinajstić information content (AvgIpc) is 3.73. The van der Waals surface area contributed by atoms with Crippen LogP contribution < -0.4 is 5.32 Å². The number of carbonyl (C=O) groups is 2. The molecule has 0 spiro atoms. The molecule has 0 radical (unpaired) electrons. The minimum atomic E-state index is -0.320. The first-order chi connectivity index (χ1) is 20.4. The van der Waals surface area contributed by atoms with Crippen LogP contribution >= 0.6 is 0 Å². The molecule has 3 aliphatic heterocycles. The lowest BCUT2D eigenvalue weighted by Crippen LogP contribution is -2.32. The standard InChI is InChI=1S/C33H36N6O3/c1-20-23(7-3-9-25(20)27-17-30-29(11-5-14-38(30)35-27)37-16-13-22(40)19-37)24-8-4-10-26(21(24)2)34-33(42)28-18-31-32(41)12-6-15-39(31)36-28/h3-4,7-10,17-18,22,29,40H,5-6,11-16,19H2,1-2H3,(H,34,42)/t22-,29?/m1/s1. The number of aryl methyl sites for hydroxylation is 2. The van der Waals surface area contributed by atoms with Crippen LogP contribution in [-0.2, 0) is 13.1 Å². The first kappa shape index (κ1) is 26.8. The third-order valence-electron chi connectivity index (χ3n) is 9.19. The minimum Gasteiger partial charge on any atom is -0.392 e. The van der Waals surface area contributed by atoms with E-state index >= 15 is 0 Å². The Hall–Kier alpha value is -4.08. The molecule has 216 valence electrons. The highest BCUT2D eigenvalue weighted by molar-refractivity contribution is 6.06. The van der Waals surface area contributed by atoms with Crippen LogP contribution in [0.25, 0.3) is 22.4 Å². The van der Waals surface area contributed by atoms with E-state index in [-0.39, 0.29) is 23.5 Å². The molecule has 2 N–H and O–H groups in total. The van der Waals surface area contributed by atoms with E-state index in [9.17, 15) is 14.7 Å². The second kappa shape index (κ2) is 10.6. The molecule has 2 aromatic heterocycles. The number of carbonyl (C=O) groups excluding carboxylic acids is 2. The molecule has 2 atom stereocenters. The number of Topliss-reactive ketones (excluding diaryl/α,β-unsaturated/α-hetero) is 1. The maximum absolute atomic E-state index is 13.2. The summed E-state index contributed by atoms with van der Waals surface area (Å²) in [6, 6.07) is 16.4. The molecule has 9 nitrogen and oxygen atoms in total. The van der Waals surface area contributed by atoms with Crippen LogP contribution in [0.15, 0.2) is 48.5 Å². The average molecular weight is 565 g/mol. The van der Waals surface area contributed by atoms with Crippen LogP contribution in [0.1, 0.15) is 75.9 Å². The number of nitrogens with zero attached hydrogens (tertiary/aromatic N) is 5. The Morgan fingerprint density at radius 2 is 1.67 bits per heavy atom. The van der Waals surface area contributed by atoms with Crippen molar-refractivity contribution in [3.05, 3.63) is 76.7 Å². The number of nitrogens with one attached hydrogen (secondary N) is 1. The van der Waals surface area contributed by atoms with Gasteiger partial charge in [-0.15, -0.1) is 0 Å². The van der Waals surface area contributed by atoms with Crippen molar-refractivity contribution in [3.63, 3.8) is 0 Å². The van der Waals surface area contributed by atoms with Crippen molar-refractivity contribution in [3.8, 4) is 22.4 Å². The van der Waals surface area contributed by atoms with Gasteiger partial charge in [0.05, 0.1) is 23.5 Å². The smallest absolute Gasteiger partial charge is 0.276 e. The summed E-state index contributed by atoms with van der Waals surface area (Å²) in [5, 5.41) is 22.6. The molecule has 1 amide bonds. The van der Waals surface area contributed by atoms with Crippen LogP contribution in [-0.4, -0.2) is 60.5 Å². The van der Waals surface area contributed by atoms with E-state index in [0.29, 0.717) is 30.4 Å². The molecular weight excluding hydrogens is 528 g/mol. The van der Waals surface area contributed by atoms with Crippen molar-refractivity contribution in [1.29, 1.82) is 0 Å². The van der Waals surface area contributed by atoms with E-state index < -0.39 is 0 Å². The molecule has 1 saturated heterocycles. The number of aliphatic hydroxyl groups excluding tert-OH is 1. The Bertz CT molecular complexity index is 1700. The van der Waals surface area contributed by atoms with Gasteiger partial charge in [-0.3, -0.25) is 23.9 Å². The summed E-state index contributed by atoms with van der Waals surface area (Å²) >= 11 is 0. The maximum Gasteiger partial charge on any atom is 0.276 e. The molecule has 1 unspecified atom stereocenters. The van der Waals surface area contributed by atoms with Gasteiger partial charge in [0.25, 0.3) is 5.91 Å². The van der Waals surface area contributed by atoms with E-state index in [1.807, 2.05) is 19.1 Å². The number of β-amino-alcohol motifs (C(OH)–C–C–N with tert-alkyl or cyclic N) is 1. The van der Waals surface area contributed by atoms with E-state index in [0.717, 1.165) is 78.8 Å². The van der Waals surface area contributed by atoms with E-state index in [2.05, 4.69) is 57.3 Å². The van der Waals surface area contributed by atoms with Crippen LogP contribution in [0.5, 0.6) is 0 Å². The molecule has 42 heavy (non-hydrogen) atoms. The van der Waals surface area contributed by atoms with E-state index in [1.165, 1.54) is 5.69 Å². The number of hydrogen-bond acceptors (Lipinski definition) is 6. The van der Waals surface area contributed by atoms with Gasteiger partial charge >= 0.3 is 0 Å². The van der Waals surface area contributed by atoms with Crippen molar-refractivity contribution in [2.45, 2.75) is 71.2 Å². The largest absolute Gasteiger partial charge is 0.392 e. The first-order valence-electron chi connectivity index (χ1n) is 15.0. The Balaban J connectivity index is 1.18. The second-order valence-electron chi connectivity index (χ2n) is 11.8. The van der Waals surface area contributed by atoms with Gasteiger partial charge in [0, 0.05) is 49.9 Å². The zero-order chi connectivity index (χ0) is 29.0. The number of anilines is 1. The summed E-state index contributed by atoms with van der Waals surface area (Å²) in [5.41, 5.74) is 9.01. The number of ketones is 1. The third-order valence-corrected chi connectivity index (χ3v) is 9.19. The SMILES string of the molecule is Cc1c(NC(=O)c2cc3n(n2)CCCC3=O)cccc1-c1cccc(-c2cc3n(n2)CCCC3N2CC[C@@H](O)C2)c1C. The lowest BCUT2D eigenvalue weighted by molar-refractivity contribution is 0.0950. The summed E-state index contributed by atoms with van der Waals surface area (Å²) in [6.45, 7) is 7.37. The number of fused-ring (bicyclic) bond motifs is 2. The quantitative estimate of drug-likeness (QED) is 0.347. The molecular formula is C33H36N6O3. The van der Waals surface area contributed by atoms with Gasteiger partial charge in [-0.1, -0.05) is 30.3 Å². The number of amides is 1. The van der Waals surface area contributed by atoms with Crippen molar-refractivity contribution < 1.29 is 14.7 Å². The predicted molar refractivity (Wildman–Crippen MR) is 160 cm³/mol. The number of hydrogen-bond donors (Lipinski definition) is 2. The summed E-state index contributed by atoms with van der Waals surface area (Å²) in [5.74, 6) is -0.288. The molecule has 1 fully saturated rings. The molecule has 5 heterocycles. The monoisotopic (exact) mass is 564 g/mol. The van der Waals surface area contributed by atoms with E-state index in [4.69, 9.17) is 5.10 Å². The Labute approximate surface area is 245 Å². The normalized spacial score (nSPS) is 20.4. The predicted octanol–water partition coefficient (Wildman–Crippen LogP) is 5.16. The molecule has 7 rings (SSSR count). The highest BCUT2D eigenvalue weighted by atomic mass is 16.3. The minimum absolute atomic E-state index is 0.0327.